The first-order valence-corrected chi connectivity index (χ1v) is 5.49. The van der Waals surface area contributed by atoms with Gasteiger partial charge in [0.25, 0.3) is 10.1 Å². The molecule has 0 aromatic carbocycles. The second-order valence-electron chi connectivity index (χ2n) is 2.57. The zero-order chi connectivity index (χ0) is 10.3. The first-order valence-electron chi connectivity index (χ1n) is 3.89. The van der Waals surface area contributed by atoms with E-state index < -0.39 is 10.1 Å². The minimum Gasteiger partial charge on any atom is -0.395 e. The summed E-state index contributed by atoms with van der Waals surface area (Å²) in [5, 5.41) is 17.1. The summed E-state index contributed by atoms with van der Waals surface area (Å²) in [6.07, 6.45) is 0. The fourth-order valence-corrected chi connectivity index (χ4v) is 1.35. The van der Waals surface area contributed by atoms with Gasteiger partial charge >= 0.3 is 0 Å². The summed E-state index contributed by atoms with van der Waals surface area (Å²) < 4.78 is 29.1. The molecule has 81 valence electrons. The molecule has 14 heavy (non-hydrogen) atoms. The maximum absolute atomic E-state index is 10.3. The van der Waals surface area contributed by atoms with Crippen molar-refractivity contribution in [2.75, 3.05) is 38.6 Å². The number of aliphatic hydroxyl groups excluding tert-OH is 2. The first kappa shape index (κ1) is 17.2. The van der Waals surface area contributed by atoms with E-state index in [0.717, 1.165) is 0 Å². The standard InChI is InChI=1S/C6H15NO5S.Na/c8-4-1-7(2-5-9)3-6-13(10,11)12;/h8-9H,1-6H2,(H,10,11,12);. The van der Waals surface area contributed by atoms with E-state index in [4.69, 9.17) is 14.8 Å². The van der Waals surface area contributed by atoms with Gasteiger partial charge < -0.3 is 10.2 Å². The third-order valence-electron chi connectivity index (χ3n) is 1.50. The van der Waals surface area contributed by atoms with Crippen molar-refractivity contribution in [1.29, 1.82) is 0 Å². The molecule has 1 radical (unpaired) electrons. The van der Waals surface area contributed by atoms with Crippen LogP contribution in [0.2, 0.25) is 0 Å². The van der Waals surface area contributed by atoms with Crippen molar-refractivity contribution in [3.8, 4) is 0 Å². The SMILES string of the molecule is O=S(=O)(O)CCN(CCO)CCO.[Na]. The average Bonchev–Trinajstić information content (AvgIpc) is 2.00. The number of hydrogen-bond acceptors (Lipinski definition) is 5. The molecule has 0 saturated carbocycles. The van der Waals surface area contributed by atoms with Gasteiger partial charge in [0, 0.05) is 49.2 Å². The van der Waals surface area contributed by atoms with Crippen LogP contribution in [0.1, 0.15) is 0 Å². The van der Waals surface area contributed by atoms with Crippen LogP contribution in [0.15, 0.2) is 0 Å². The minimum atomic E-state index is -3.96. The van der Waals surface area contributed by atoms with Gasteiger partial charge in [-0.2, -0.15) is 8.42 Å². The molecule has 0 spiro atoms. The van der Waals surface area contributed by atoms with Crippen LogP contribution in [0.25, 0.3) is 0 Å². The Kier molecular flexibility index (Phi) is 11.1. The van der Waals surface area contributed by atoms with Crippen molar-refractivity contribution >= 4 is 39.7 Å². The fraction of sp³-hybridized carbons (Fsp3) is 1.00. The maximum atomic E-state index is 10.3. The topological polar surface area (TPSA) is 98.1 Å². The van der Waals surface area contributed by atoms with E-state index in [9.17, 15) is 8.42 Å². The van der Waals surface area contributed by atoms with Gasteiger partial charge in [0.05, 0.1) is 19.0 Å². The predicted molar refractivity (Wildman–Crippen MR) is 52.8 cm³/mol. The molecule has 0 atom stereocenters. The Hall–Kier alpha value is 0.790. The van der Waals surface area contributed by atoms with E-state index in [1.165, 1.54) is 0 Å². The van der Waals surface area contributed by atoms with Crippen molar-refractivity contribution in [1.82, 2.24) is 4.90 Å². The van der Waals surface area contributed by atoms with Crippen molar-refractivity contribution in [2.24, 2.45) is 0 Å². The molecule has 0 aromatic heterocycles. The smallest absolute Gasteiger partial charge is 0.266 e. The molecule has 6 nitrogen and oxygen atoms in total. The van der Waals surface area contributed by atoms with Gasteiger partial charge in [-0.25, -0.2) is 0 Å². The molecule has 0 fully saturated rings. The molecule has 0 amide bonds. The quantitative estimate of drug-likeness (QED) is 0.342. The average molecular weight is 236 g/mol. The molecule has 0 unspecified atom stereocenters. The minimum absolute atomic E-state index is 0. The molecular weight excluding hydrogens is 221 g/mol. The second-order valence-corrected chi connectivity index (χ2v) is 4.15. The van der Waals surface area contributed by atoms with Crippen LogP contribution in [0.3, 0.4) is 0 Å². The monoisotopic (exact) mass is 236 g/mol. The summed E-state index contributed by atoms with van der Waals surface area (Å²) in [6.45, 7) is 0.475. The Morgan fingerprint density at radius 2 is 1.43 bits per heavy atom. The van der Waals surface area contributed by atoms with Crippen molar-refractivity contribution < 1.29 is 23.2 Å². The zero-order valence-electron chi connectivity index (χ0n) is 8.26. The molecular formula is C6H15NNaO5S. The molecule has 0 aliphatic rings. The summed E-state index contributed by atoms with van der Waals surface area (Å²) >= 11 is 0. The van der Waals surface area contributed by atoms with Crippen LogP contribution < -0.4 is 0 Å². The van der Waals surface area contributed by atoms with Crippen LogP contribution in [0, 0.1) is 0 Å². The Bertz CT molecular complexity index is 214. The third kappa shape index (κ3) is 10.9. The van der Waals surface area contributed by atoms with Gasteiger partial charge in [-0.15, -0.1) is 0 Å². The van der Waals surface area contributed by atoms with Crippen LogP contribution >= 0.6 is 0 Å². The van der Waals surface area contributed by atoms with E-state index in [-0.39, 0.29) is 68.2 Å². The first-order chi connectivity index (χ1) is 5.99. The molecule has 0 aliphatic carbocycles. The van der Waals surface area contributed by atoms with E-state index in [0.29, 0.717) is 0 Å². The normalized spacial score (nSPS) is 11.4. The van der Waals surface area contributed by atoms with Gasteiger partial charge in [0.15, 0.2) is 0 Å². The number of aliphatic hydroxyl groups is 2. The largest absolute Gasteiger partial charge is 0.395 e. The van der Waals surface area contributed by atoms with Gasteiger partial charge in [-0.3, -0.25) is 9.45 Å². The van der Waals surface area contributed by atoms with Crippen molar-refractivity contribution in [2.45, 2.75) is 0 Å². The van der Waals surface area contributed by atoms with Crippen LogP contribution in [0.4, 0.5) is 0 Å². The summed E-state index contributed by atoms with van der Waals surface area (Å²) in [7, 11) is -3.96. The van der Waals surface area contributed by atoms with Gasteiger partial charge in [-0.05, 0) is 0 Å². The van der Waals surface area contributed by atoms with Crippen LogP contribution in [-0.2, 0) is 10.1 Å². The van der Waals surface area contributed by atoms with E-state index in [2.05, 4.69) is 0 Å². The molecule has 8 heteroatoms. The number of rotatable bonds is 7. The zero-order valence-corrected chi connectivity index (χ0v) is 11.1. The molecule has 0 saturated heterocycles. The van der Waals surface area contributed by atoms with Gasteiger partial charge in [0.2, 0.25) is 0 Å². The summed E-state index contributed by atoms with van der Waals surface area (Å²) in [4.78, 5) is 1.55. The molecule has 0 aliphatic heterocycles. The van der Waals surface area contributed by atoms with Crippen LogP contribution in [-0.4, -0.2) is 96.2 Å². The molecule has 0 bridgehead atoms. The van der Waals surface area contributed by atoms with E-state index in [1.807, 2.05) is 0 Å². The van der Waals surface area contributed by atoms with Gasteiger partial charge in [0.1, 0.15) is 0 Å². The van der Waals surface area contributed by atoms with Crippen molar-refractivity contribution in [3.05, 3.63) is 0 Å². The van der Waals surface area contributed by atoms with Gasteiger partial charge in [-0.1, -0.05) is 0 Å². The Morgan fingerprint density at radius 1 is 1.00 bits per heavy atom. The van der Waals surface area contributed by atoms with Crippen molar-refractivity contribution in [3.63, 3.8) is 0 Å². The van der Waals surface area contributed by atoms with Crippen LogP contribution in [0.5, 0.6) is 0 Å². The number of nitrogens with zero attached hydrogens (tertiary/aromatic N) is 1. The van der Waals surface area contributed by atoms with E-state index in [1.54, 1.807) is 4.90 Å². The third-order valence-corrected chi connectivity index (χ3v) is 2.20. The summed E-state index contributed by atoms with van der Waals surface area (Å²) in [5.74, 6) is -0.382. The Morgan fingerprint density at radius 3 is 1.71 bits per heavy atom. The molecule has 0 aromatic rings. The number of hydrogen-bond donors (Lipinski definition) is 3. The summed E-state index contributed by atoms with van der Waals surface area (Å²) in [5.41, 5.74) is 0. The molecule has 0 rings (SSSR count). The predicted octanol–water partition coefficient (Wildman–Crippen LogP) is -2.22. The molecule has 3 N–H and O–H groups in total. The second kappa shape index (κ2) is 9.05. The Labute approximate surface area is 106 Å². The Balaban J connectivity index is 0. The molecule has 0 heterocycles. The maximum Gasteiger partial charge on any atom is 0.266 e. The van der Waals surface area contributed by atoms with E-state index >= 15 is 0 Å². The fourth-order valence-electron chi connectivity index (χ4n) is 0.863. The summed E-state index contributed by atoms with van der Waals surface area (Å²) in [6, 6.07) is 0.